The Hall–Kier alpha value is -3.69. The standard InChI is InChI=1S/C32H35ClN8O/c33-23-3-1-2-21(12-23)26-14-27(26)32(42)38-30-15-29(35-19-36-30)34-16-24-18-41-17-22(20-4-5-20)13-28(31(41)37-24)40-10-8-39(9-11-40)25-6-7-25/h1-3,12-13,15,17-20,25-27H,4-11,14,16H2,(H2,34,35,36,38,42)/t26-,27+/m1/s1. The van der Waals surface area contributed by atoms with Crippen molar-refractivity contribution in [3.8, 4) is 0 Å². The van der Waals surface area contributed by atoms with E-state index in [1.54, 1.807) is 6.07 Å². The van der Waals surface area contributed by atoms with Crippen molar-refractivity contribution in [1.29, 1.82) is 0 Å². The van der Waals surface area contributed by atoms with Gasteiger partial charge in [-0.05, 0) is 73.3 Å². The Bertz CT molecular complexity index is 1640. The van der Waals surface area contributed by atoms with E-state index >= 15 is 0 Å². The van der Waals surface area contributed by atoms with Gasteiger partial charge in [0.1, 0.15) is 18.0 Å². The van der Waals surface area contributed by atoms with E-state index in [2.05, 4.69) is 53.3 Å². The summed E-state index contributed by atoms with van der Waals surface area (Å²) < 4.78 is 2.21. The SMILES string of the molecule is O=C(Nc1cc(NCc2cn3cc(C4CC4)cc(N4CCN(C5CC5)CC4)c3n2)ncn1)[C@H]1C[C@@H]1c1cccc(Cl)c1. The number of hydrogen-bond donors (Lipinski definition) is 2. The predicted molar refractivity (Wildman–Crippen MR) is 164 cm³/mol. The van der Waals surface area contributed by atoms with Gasteiger partial charge in [0.2, 0.25) is 5.91 Å². The number of aromatic nitrogens is 4. The summed E-state index contributed by atoms with van der Waals surface area (Å²) in [5.41, 5.74) is 5.75. The molecule has 0 radical (unpaired) electrons. The molecule has 3 saturated carbocycles. The Balaban J connectivity index is 0.939. The van der Waals surface area contributed by atoms with E-state index in [1.165, 1.54) is 43.3 Å². The molecule has 3 aliphatic carbocycles. The second-order valence-corrected chi connectivity index (χ2v) is 12.7. The lowest BCUT2D eigenvalue weighted by atomic mass is 10.1. The molecule has 216 valence electrons. The molecule has 0 spiro atoms. The van der Waals surface area contributed by atoms with Gasteiger partial charge in [-0.2, -0.15) is 0 Å². The largest absolute Gasteiger partial charge is 0.366 e. The van der Waals surface area contributed by atoms with Crippen LogP contribution in [0.15, 0.2) is 55.1 Å². The first-order valence-corrected chi connectivity index (χ1v) is 15.6. The average Bonchev–Trinajstić information content (AvgIpc) is 3.86. The zero-order valence-electron chi connectivity index (χ0n) is 23.5. The molecule has 3 aromatic heterocycles. The van der Waals surface area contributed by atoms with Crippen molar-refractivity contribution in [1.82, 2.24) is 24.3 Å². The molecule has 4 aromatic rings. The molecule has 0 unspecified atom stereocenters. The number of amides is 1. The number of fused-ring (bicyclic) bond motifs is 1. The molecule has 1 saturated heterocycles. The molecule has 8 rings (SSSR count). The van der Waals surface area contributed by atoms with E-state index in [1.807, 2.05) is 24.3 Å². The van der Waals surface area contributed by atoms with Crippen LogP contribution in [0.5, 0.6) is 0 Å². The van der Waals surface area contributed by atoms with Crippen LogP contribution in [0, 0.1) is 5.92 Å². The topological polar surface area (TPSA) is 90.7 Å². The maximum Gasteiger partial charge on any atom is 0.229 e. The number of halogens is 1. The number of nitrogens with zero attached hydrogens (tertiary/aromatic N) is 6. The summed E-state index contributed by atoms with van der Waals surface area (Å²) in [4.78, 5) is 31.8. The zero-order valence-corrected chi connectivity index (χ0v) is 24.3. The number of benzene rings is 1. The van der Waals surface area contributed by atoms with Gasteiger partial charge in [0, 0.05) is 61.6 Å². The molecule has 10 heteroatoms. The van der Waals surface area contributed by atoms with Crippen LogP contribution in [0.2, 0.25) is 5.02 Å². The summed E-state index contributed by atoms with van der Waals surface area (Å²) in [5, 5.41) is 7.05. The quantitative estimate of drug-likeness (QED) is 0.277. The minimum atomic E-state index is -0.0702. The van der Waals surface area contributed by atoms with Gasteiger partial charge in [0.15, 0.2) is 5.65 Å². The molecule has 4 heterocycles. The summed E-state index contributed by atoms with van der Waals surface area (Å²) in [6.45, 7) is 4.90. The fourth-order valence-corrected chi connectivity index (χ4v) is 6.59. The fraction of sp³-hybridized carbons (Fsp3) is 0.438. The van der Waals surface area contributed by atoms with E-state index in [9.17, 15) is 4.79 Å². The Morgan fingerprint density at radius 1 is 0.952 bits per heavy atom. The maximum absolute atomic E-state index is 12.9. The summed E-state index contributed by atoms with van der Waals surface area (Å²) in [6, 6.07) is 12.7. The second-order valence-electron chi connectivity index (χ2n) is 12.3. The molecular formula is C32H35ClN8O. The van der Waals surface area contributed by atoms with Gasteiger partial charge < -0.3 is 19.9 Å². The van der Waals surface area contributed by atoms with Crippen molar-refractivity contribution in [2.24, 2.45) is 5.92 Å². The van der Waals surface area contributed by atoms with E-state index < -0.39 is 0 Å². The molecule has 42 heavy (non-hydrogen) atoms. The van der Waals surface area contributed by atoms with Crippen LogP contribution in [0.4, 0.5) is 17.3 Å². The minimum absolute atomic E-state index is 0.0260. The number of imidazole rings is 1. The molecule has 2 N–H and O–H groups in total. The van der Waals surface area contributed by atoms with Gasteiger partial charge in [-0.25, -0.2) is 15.0 Å². The van der Waals surface area contributed by atoms with Crippen molar-refractivity contribution in [2.45, 2.75) is 56.5 Å². The highest BCUT2D eigenvalue weighted by atomic mass is 35.5. The number of hydrogen-bond acceptors (Lipinski definition) is 7. The van der Waals surface area contributed by atoms with Gasteiger partial charge >= 0.3 is 0 Å². The summed E-state index contributed by atoms with van der Waals surface area (Å²) in [7, 11) is 0. The van der Waals surface area contributed by atoms with Crippen molar-refractivity contribution in [3.63, 3.8) is 0 Å². The molecule has 9 nitrogen and oxygen atoms in total. The van der Waals surface area contributed by atoms with Crippen molar-refractivity contribution >= 4 is 40.5 Å². The lowest BCUT2D eigenvalue weighted by Gasteiger charge is -2.36. The van der Waals surface area contributed by atoms with Crippen LogP contribution in [-0.4, -0.2) is 62.4 Å². The van der Waals surface area contributed by atoms with Gasteiger partial charge in [0.05, 0.1) is 17.9 Å². The Labute approximate surface area is 250 Å². The van der Waals surface area contributed by atoms with E-state index in [0.29, 0.717) is 29.1 Å². The normalized spacial score (nSPS) is 22.4. The summed E-state index contributed by atoms with van der Waals surface area (Å²) in [6.07, 6.45) is 12.0. The number of carbonyl (C=O) groups excluding carboxylic acids is 1. The van der Waals surface area contributed by atoms with Gasteiger partial charge in [0.25, 0.3) is 0 Å². The van der Waals surface area contributed by atoms with E-state index in [0.717, 1.165) is 55.5 Å². The molecule has 1 aromatic carbocycles. The highest BCUT2D eigenvalue weighted by Crippen LogP contribution is 2.48. The smallest absolute Gasteiger partial charge is 0.229 e. The van der Waals surface area contributed by atoms with Crippen LogP contribution in [0.3, 0.4) is 0 Å². The van der Waals surface area contributed by atoms with Crippen LogP contribution in [-0.2, 0) is 11.3 Å². The first-order valence-electron chi connectivity index (χ1n) is 15.2. The maximum atomic E-state index is 12.9. The van der Waals surface area contributed by atoms with Crippen LogP contribution in [0.1, 0.15) is 60.8 Å². The third kappa shape index (κ3) is 5.43. The highest BCUT2D eigenvalue weighted by Gasteiger charge is 2.44. The molecular weight excluding hydrogens is 548 g/mol. The first-order chi connectivity index (χ1) is 20.6. The molecule has 0 bridgehead atoms. The number of anilines is 3. The van der Waals surface area contributed by atoms with Crippen LogP contribution < -0.4 is 15.5 Å². The van der Waals surface area contributed by atoms with Gasteiger partial charge in [-0.15, -0.1) is 0 Å². The zero-order chi connectivity index (χ0) is 28.2. The fourth-order valence-electron chi connectivity index (χ4n) is 6.39. The summed E-state index contributed by atoms with van der Waals surface area (Å²) in [5.74, 6) is 1.92. The third-order valence-electron chi connectivity index (χ3n) is 9.14. The third-order valence-corrected chi connectivity index (χ3v) is 9.38. The predicted octanol–water partition coefficient (Wildman–Crippen LogP) is 5.29. The number of carbonyl (C=O) groups is 1. The molecule has 4 aliphatic rings. The Morgan fingerprint density at radius 3 is 2.57 bits per heavy atom. The number of pyridine rings is 1. The second kappa shape index (κ2) is 10.5. The lowest BCUT2D eigenvalue weighted by molar-refractivity contribution is -0.117. The molecule has 2 atom stereocenters. The first kappa shape index (κ1) is 26.0. The minimum Gasteiger partial charge on any atom is -0.366 e. The summed E-state index contributed by atoms with van der Waals surface area (Å²) >= 11 is 6.14. The van der Waals surface area contributed by atoms with E-state index in [-0.39, 0.29) is 17.7 Å². The highest BCUT2D eigenvalue weighted by molar-refractivity contribution is 6.30. The van der Waals surface area contributed by atoms with Crippen molar-refractivity contribution in [2.75, 3.05) is 41.7 Å². The van der Waals surface area contributed by atoms with E-state index in [4.69, 9.17) is 16.6 Å². The monoisotopic (exact) mass is 582 g/mol. The molecule has 1 aliphatic heterocycles. The lowest BCUT2D eigenvalue weighted by Crippen LogP contribution is -2.47. The number of rotatable bonds is 9. The van der Waals surface area contributed by atoms with Crippen molar-refractivity contribution < 1.29 is 4.79 Å². The van der Waals surface area contributed by atoms with Gasteiger partial charge in [-0.3, -0.25) is 9.69 Å². The van der Waals surface area contributed by atoms with Crippen molar-refractivity contribution in [3.05, 3.63) is 77.0 Å². The molecule has 4 fully saturated rings. The molecule has 1 amide bonds. The number of piperazine rings is 1. The average molecular weight is 583 g/mol. The number of nitrogens with one attached hydrogen (secondary N) is 2. The van der Waals surface area contributed by atoms with Crippen LogP contribution >= 0.6 is 11.6 Å². The van der Waals surface area contributed by atoms with Gasteiger partial charge in [-0.1, -0.05) is 23.7 Å². The Kier molecular flexibility index (Phi) is 6.52. The van der Waals surface area contributed by atoms with Crippen LogP contribution in [0.25, 0.3) is 5.65 Å². The Morgan fingerprint density at radius 2 is 1.79 bits per heavy atom.